The molecule has 0 spiro atoms. The topological polar surface area (TPSA) is 80.5 Å². The van der Waals surface area contributed by atoms with E-state index in [1.165, 1.54) is 0 Å². The van der Waals surface area contributed by atoms with E-state index in [2.05, 4.69) is 36.9 Å². The quantitative estimate of drug-likeness (QED) is 0.919. The van der Waals surface area contributed by atoms with Crippen LogP contribution in [-0.2, 0) is 13.5 Å². The number of nitrogen functional groups attached to an aromatic ring is 1. The number of hydrogen-bond acceptors (Lipinski definition) is 4. The largest absolute Gasteiger partial charge is 0.383 e. The Labute approximate surface area is 125 Å². The van der Waals surface area contributed by atoms with Crippen LogP contribution in [0.2, 0.25) is 0 Å². The number of anilines is 1. The number of nitrogens with zero attached hydrogens (tertiary/aromatic N) is 4. The molecule has 0 bridgehead atoms. The molecule has 2 aromatic heterocycles. The first-order valence-electron chi connectivity index (χ1n) is 6.91. The average molecular weight is 283 g/mol. The fourth-order valence-corrected chi connectivity index (χ4v) is 2.45. The summed E-state index contributed by atoms with van der Waals surface area (Å²) in [5, 5.41) is 13.6. The van der Waals surface area contributed by atoms with Crippen LogP contribution in [0.25, 0.3) is 11.3 Å². The third-order valence-electron chi connectivity index (χ3n) is 3.40. The number of pyridine rings is 1. The summed E-state index contributed by atoms with van der Waals surface area (Å²) in [7, 11) is 1.86. The van der Waals surface area contributed by atoms with Crippen molar-refractivity contribution in [2.45, 2.75) is 34.1 Å². The predicted molar refractivity (Wildman–Crippen MR) is 83.5 cm³/mol. The van der Waals surface area contributed by atoms with Gasteiger partial charge in [-0.25, -0.2) is 4.98 Å². The molecule has 2 N–H and O–H groups in total. The van der Waals surface area contributed by atoms with Crippen molar-refractivity contribution in [1.29, 1.82) is 5.26 Å². The molecule has 2 aromatic rings. The van der Waals surface area contributed by atoms with Crippen LogP contribution in [0.4, 0.5) is 5.82 Å². The van der Waals surface area contributed by atoms with Crippen LogP contribution in [0.15, 0.2) is 12.4 Å². The minimum Gasteiger partial charge on any atom is -0.383 e. The van der Waals surface area contributed by atoms with Crippen molar-refractivity contribution in [2.75, 3.05) is 5.73 Å². The maximum absolute atomic E-state index is 9.40. The molecular weight excluding hydrogens is 262 g/mol. The van der Waals surface area contributed by atoms with Gasteiger partial charge >= 0.3 is 0 Å². The second-order valence-corrected chi connectivity index (χ2v) is 6.58. The smallest absolute Gasteiger partial charge is 0.142 e. The molecule has 0 unspecified atom stereocenters. The summed E-state index contributed by atoms with van der Waals surface area (Å²) in [5.41, 5.74) is 10.3. The summed E-state index contributed by atoms with van der Waals surface area (Å²) in [4.78, 5) is 4.42. The molecule has 0 saturated heterocycles. The molecule has 0 aliphatic heterocycles. The van der Waals surface area contributed by atoms with Crippen LogP contribution in [0, 0.1) is 23.7 Å². The minimum absolute atomic E-state index is 0.0658. The standard InChI is InChI=1S/C16H21N5/c1-10-12(6-16(2,3)4)13(7-17)15(18)20-14(10)11-8-19-21(5)9-11/h8-9H,6H2,1-5H3,(H2,18,20). The number of rotatable bonds is 2. The molecule has 0 amide bonds. The monoisotopic (exact) mass is 283 g/mol. The van der Waals surface area contributed by atoms with Crippen LogP contribution < -0.4 is 5.73 Å². The van der Waals surface area contributed by atoms with Crippen molar-refractivity contribution in [3.63, 3.8) is 0 Å². The zero-order chi connectivity index (χ0) is 15.8. The van der Waals surface area contributed by atoms with Crippen LogP contribution >= 0.6 is 0 Å². The van der Waals surface area contributed by atoms with Gasteiger partial charge in [-0.2, -0.15) is 10.4 Å². The van der Waals surface area contributed by atoms with Gasteiger partial charge in [-0.1, -0.05) is 20.8 Å². The van der Waals surface area contributed by atoms with E-state index in [1.807, 2.05) is 20.2 Å². The Balaban J connectivity index is 2.68. The molecule has 5 nitrogen and oxygen atoms in total. The zero-order valence-electron chi connectivity index (χ0n) is 13.2. The number of aryl methyl sites for hydroxylation is 1. The Kier molecular flexibility index (Phi) is 3.73. The molecule has 0 fully saturated rings. The third-order valence-corrected chi connectivity index (χ3v) is 3.40. The van der Waals surface area contributed by atoms with Gasteiger partial charge in [0, 0.05) is 18.8 Å². The van der Waals surface area contributed by atoms with E-state index in [1.54, 1.807) is 10.9 Å². The van der Waals surface area contributed by atoms with Crippen LogP contribution in [0.3, 0.4) is 0 Å². The number of aromatic nitrogens is 3. The van der Waals surface area contributed by atoms with Crippen molar-refractivity contribution < 1.29 is 0 Å². The highest BCUT2D eigenvalue weighted by Crippen LogP contribution is 2.32. The molecule has 110 valence electrons. The van der Waals surface area contributed by atoms with E-state index in [4.69, 9.17) is 5.73 Å². The Morgan fingerprint density at radius 3 is 2.52 bits per heavy atom. The van der Waals surface area contributed by atoms with E-state index in [0.717, 1.165) is 28.8 Å². The normalized spacial score (nSPS) is 11.4. The molecule has 21 heavy (non-hydrogen) atoms. The van der Waals surface area contributed by atoms with Crippen LogP contribution in [0.1, 0.15) is 37.5 Å². The first kappa shape index (κ1) is 15.0. The lowest BCUT2D eigenvalue weighted by Crippen LogP contribution is -2.14. The van der Waals surface area contributed by atoms with Gasteiger partial charge in [0.1, 0.15) is 11.9 Å². The second-order valence-electron chi connectivity index (χ2n) is 6.58. The molecule has 5 heteroatoms. The minimum atomic E-state index is 0.0658. The lowest BCUT2D eigenvalue weighted by molar-refractivity contribution is 0.410. The fraction of sp³-hybridized carbons (Fsp3) is 0.438. The highest BCUT2D eigenvalue weighted by Gasteiger charge is 2.21. The summed E-state index contributed by atoms with van der Waals surface area (Å²) in [6.07, 6.45) is 4.45. The molecule has 0 radical (unpaired) electrons. The van der Waals surface area contributed by atoms with Gasteiger partial charge < -0.3 is 5.73 Å². The Morgan fingerprint density at radius 2 is 2.05 bits per heavy atom. The van der Waals surface area contributed by atoms with Crippen molar-refractivity contribution in [1.82, 2.24) is 14.8 Å². The van der Waals surface area contributed by atoms with Gasteiger partial charge in [-0.3, -0.25) is 4.68 Å². The summed E-state index contributed by atoms with van der Waals surface area (Å²) in [6.45, 7) is 8.44. The first-order valence-corrected chi connectivity index (χ1v) is 6.91. The Morgan fingerprint density at radius 1 is 1.38 bits per heavy atom. The summed E-state index contributed by atoms with van der Waals surface area (Å²) in [5.74, 6) is 0.293. The third kappa shape index (κ3) is 3.05. The predicted octanol–water partition coefficient (Wildman–Crippen LogP) is 2.83. The van der Waals surface area contributed by atoms with Gasteiger partial charge in [0.15, 0.2) is 0 Å². The molecule has 0 aromatic carbocycles. The van der Waals surface area contributed by atoms with Crippen molar-refractivity contribution >= 4 is 5.82 Å². The van der Waals surface area contributed by atoms with Crippen molar-refractivity contribution in [2.24, 2.45) is 12.5 Å². The molecule has 2 rings (SSSR count). The molecule has 0 atom stereocenters. The average Bonchev–Trinajstić information content (AvgIpc) is 2.78. The molecule has 0 aliphatic carbocycles. The molecule has 0 saturated carbocycles. The number of nitrogens with two attached hydrogens (primary N) is 1. The SMILES string of the molecule is Cc1c(-c2cnn(C)c2)nc(N)c(C#N)c1CC(C)(C)C. The van der Waals surface area contributed by atoms with Crippen LogP contribution in [-0.4, -0.2) is 14.8 Å². The Hall–Kier alpha value is -2.35. The zero-order valence-corrected chi connectivity index (χ0v) is 13.2. The lowest BCUT2D eigenvalue weighted by atomic mass is 9.84. The Bertz CT molecular complexity index is 713. The van der Waals surface area contributed by atoms with Gasteiger partial charge in [0.2, 0.25) is 0 Å². The summed E-state index contributed by atoms with van der Waals surface area (Å²) < 4.78 is 1.73. The first-order chi connectivity index (χ1) is 9.73. The lowest BCUT2D eigenvalue weighted by Gasteiger charge is -2.22. The van der Waals surface area contributed by atoms with Crippen molar-refractivity contribution in [3.05, 3.63) is 29.1 Å². The number of nitriles is 1. The van der Waals surface area contributed by atoms with Crippen LogP contribution in [0.5, 0.6) is 0 Å². The van der Waals surface area contributed by atoms with Gasteiger partial charge in [-0.05, 0) is 29.9 Å². The van der Waals surface area contributed by atoms with Gasteiger partial charge in [0.05, 0.1) is 17.5 Å². The van der Waals surface area contributed by atoms with E-state index < -0.39 is 0 Å². The van der Waals surface area contributed by atoms with Crippen molar-refractivity contribution in [3.8, 4) is 17.3 Å². The van der Waals surface area contributed by atoms with E-state index >= 15 is 0 Å². The maximum atomic E-state index is 9.40. The second kappa shape index (κ2) is 5.21. The maximum Gasteiger partial charge on any atom is 0.142 e. The van der Waals surface area contributed by atoms with E-state index in [-0.39, 0.29) is 5.41 Å². The highest BCUT2D eigenvalue weighted by atomic mass is 15.2. The van der Waals surface area contributed by atoms with E-state index in [0.29, 0.717) is 11.4 Å². The van der Waals surface area contributed by atoms with E-state index in [9.17, 15) is 5.26 Å². The fourth-order valence-electron chi connectivity index (χ4n) is 2.45. The van der Waals surface area contributed by atoms with Gasteiger partial charge in [0.25, 0.3) is 0 Å². The molecular formula is C16H21N5. The molecule has 2 heterocycles. The number of hydrogen-bond donors (Lipinski definition) is 1. The summed E-state index contributed by atoms with van der Waals surface area (Å²) >= 11 is 0. The molecule has 0 aliphatic rings. The summed E-state index contributed by atoms with van der Waals surface area (Å²) in [6, 6.07) is 2.20. The highest BCUT2D eigenvalue weighted by molar-refractivity contribution is 5.69. The van der Waals surface area contributed by atoms with Gasteiger partial charge in [-0.15, -0.1) is 0 Å².